The normalized spacial score (nSPS) is 13.3. The fourth-order valence-electron chi connectivity index (χ4n) is 3.82. The Kier molecular flexibility index (Phi) is 5.88. The number of carbonyl (C=O) groups excluding carboxylic acids is 1. The first kappa shape index (κ1) is 20.2. The van der Waals surface area contributed by atoms with Gasteiger partial charge in [-0.05, 0) is 55.5 Å². The molecule has 0 bridgehead atoms. The number of pyridine rings is 1. The Balaban J connectivity index is 1.80. The SMILES string of the molecule is CCCN(CC1CC1)C(=O)c1cc(-c2ccc(OC)c(OC)c2)nc2ccccc12. The van der Waals surface area contributed by atoms with Crippen LogP contribution in [0, 0.1) is 5.92 Å². The van der Waals surface area contributed by atoms with Crippen molar-refractivity contribution >= 4 is 16.8 Å². The summed E-state index contributed by atoms with van der Waals surface area (Å²) in [5.41, 5.74) is 3.16. The van der Waals surface area contributed by atoms with Crippen molar-refractivity contribution in [2.75, 3.05) is 27.3 Å². The van der Waals surface area contributed by atoms with Crippen LogP contribution in [0.5, 0.6) is 11.5 Å². The van der Waals surface area contributed by atoms with Crippen LogP contribution < -0.4 is 9.47 Å². The standard InChI is InChI=1S/C25H28N2O3/c1-4-13-27(16-17-9-10-17)25(28)20-15-22(26-21-8-6-5-7-19(20)21)18-11-12-23(29-2)24(14-18)30-3/h5-8,11-12,14-15,17H,4,9-10,13,16H2,1-3H3. The Morgan fingerprint density at radius 1 is 1.07 bits per heavy atom. The Bertz CT molecular complexity index is 1060. The summed E-state index contributed by atoms with van der Waals surface area (Å²) < 4.78 is 10.8. The maximum Gasteiger partial charge on any atom is 0.254 e. The van der Waals surface area contributed by atoms with E-state index in [1.54, 1.807) is 14.2 Å². The van der Waals surface area contributed by atoms with Gasteiger partial charge < -0.3 is 14.4 Å². The molecule has 0 radical (unpaired) electrons. The van der Waals surface area contributed by atoms with Gasteiger partial charge in [-0.1, -0.05) is 25.1 Å². The number of amides is 1. The second kappa shape index (κ2) is 8.74. The second-order valence-corrected chi connectivity index (χ2v) is 7.84. The lowest BCUT2D eigenvalue weighted by Gasteiger charge is -2.23. The Hall–Kier alpha value is -3.08. The van der Waals surface area contributed by atoms with Crippen LogP contribution in [-0.2, 0) is 0 Å². The Morgan fingerprint density at radius 3 is 2.53 bits per heavy atom. The largest absolute Gasteiger partial charge is 0.493 e. The van der Waals surface area contributed by atoms with Gasteiger partial charge in [0.25, 0.3) is 5.91 Å². The first-order valence-corrected chi connectivity index (χ1v) is 10.6. The monoisotopic (exact) mass is 404 g/mol. The number of hydrogen-bond donors (Lipinski definition) is 0. The third kappa shape index (κ3) is 4.11. The van der Waals surface area contributed by atoms with Crippen molar-refractivity contribution in [3.05, 3.63) is 54.1 Å². The molecule has 1 heterocycles. The fraction of sp³-hybridized carbons (Fsp3) is 0.360. The molecule has 0 unspecified atom stereocenters. The molecule has 1 aromatic heterocycles. The minimum atomic E-state index is 0.0871. The summed E-state index contributed by atoms with van der Waals surface area (Å²) >= 11 is 0. The number of rotatable bonds is 8. The van der Waals surface area contributed by atoms with Crippen molar-refractivity contribution < 1.29 is 14.3 Å². The molecule has 0 aliphatic heterocycles. The molecule has 1 saturated carbocycles. The number of nitrogens with zero attached hydrogens (tertiary/aromatic N) is 2. The van der Waals surface area contributed by atoms with Crippen molar-refractivity contribution in [2.45, 2.75) is 26.2 Å². The molecule has 2 aromatic carbocycles. The number of para-hydroxylation sites is 1. The molecule has 0 saturated heterocycles. The van der Waals surface area contributed by atoms with E-state index in [4.69, 9.17) is 14.5 Å². The summed E-state index contributed by atoms with van der Waals surface area (Å²) in [4.78, 5) is 20.4. The van der Waals surface area contributed by atoms with Crippen LogP contribution in [0.2, 0.25) is 0 Å². The van der Waals surface area contributed by atoms with E-state index in [9.17, 15) is 4.79 Å². The molecule has 4 rings (SSSR count). The van der Waals surface area contributed by atoms with Crippen molar-refractivity contribution in [1.29, 1.82) is 0 Å². The van der Waals surface area contributed by atoms with Crippen LogP contribution in [0.3, 0.4) is 0 Å². The molecule has 0 spiro atoms. The van der Waals surface area contributed by atoms with E-state index in [-0.39, 0.29) is 5.91 Å². The van der Waals surface area contributed by atoms with Gasteiger partial charge in [0.2, 0.25) is 0 Å². The molecule has 1 aliphatic carbocycles. The van der Waals surface area contributed by atoms with E-state index < -0.39 is 0 Å². The second-order valence-electron chi connectivity index (χ2n) is 7.84. The zero-order valence-corrected chi connectivity index (χ0v) is 17.9. The lowest BCUT2D eigenvalue weighted by Crippen LogP contribution is -2.33. The van der Waals surface area contributed by atoms with E-state index in [1.165, 1.54) is 12.8 Å². The van der Waals surface area contributed by atoms with Gasteiger partial charge in [0, 0.05) is 24.0 Å². The van der Waals surface area contributed by atoms with Crippen LogP contribution in [0.1, 0.15) is 36.5 Å². The van der Waals surface area contributed by atoms with E-state index in [0.29, 0.717) is 23.0 Å². The van der Waals surface area contributed by atoms with Gasteiger partial charge >= 0.3 is 0 Å². The van der Waals surface area contributed by atoms with Crippen LogP contribution in [-0.4, -0.2) is 43.1 Å². The fourth-order valence-corrected chi connectivity index (χ4v) is 3.82. The number of carbonyl (C=O) groups is 1. The number of fused-ring (bicyclic) bond motifs is 1. The third-order valence-corrected chi connectivity index (χ3v) is 5.58. The van der Waals surface area contributed by atoms with Gasteiger partial charge in [0.15, 0.2) is 11.5 Å². The number of methoxy groups -OCH3 is 2. The first-order valence-electron chi connectivity index (χ1n) is 10.6. The molecule has 0 atom stereocenters. The summed E-state index contributed by atoms with van der Waals surface area (Å²) in [7, 11) is 3.23. The van der Waals surface area contributed by atoms with Gasteiger partial charge in [0.05, 0.1) is 31.0 Å². The van der Waals surface area contributed by atoms with Crippen LogP contribution >= 0.6 is 0 Å². The summed E-state index contributed by atoms with van der Waals surface area (Å²) in [6.07, 6.45) is 3.40. The van der Waals surface area contributed by atoms with Crippen molar-refractivity contribution in [3.63, 3.8) is 0 Å². The predicted molar refractivity (Wildman–Crippen MR) is 119 cm³/mol. The van der Waals surface area contributed by atoms with Crippen molar-refractivity contribution in [3.8, 4) is 22.8 Å². The van der Waals surface area contributed by atoms with Gasteiger partial charge in [-0.2, -0.15) is 0 Å². The smallest absolute Gasteiger partial charge is 0.254 e. The van der Waals surface area contributed by atoms with Gasteiger partial charge in [-0.3, -0.25) is 4.79 Å². The van der Waals surface area contributed by atoms with Crippen LogP contribution in [0.15, 0.2) is 48.5 Å². The molecule has 0 N–H and O–H groups in total. The molecule has 5 heteroatoms. The minimum absolute atomic E-state index is 0.0871. The quantitative estimate of drug-likeness (QED) is 0.519. The highest BCUT2D eigenvalue weighted by Crippen LogP contribution is 2.34. The third-order valence-electron chi connectivity index (χ3n) is 5.58. The molecule has 5 nitrogen and oxygen atoms in total. The molecular weight excluding hydrogens is 376 g/mol. The lowest BCUT2D eigenvalue weighted by atomic mass is 10.0. The van der Waals surface area contributed by atoms with E-state index in [2.05, 4.69) is 6.92 Å². The minimum Gasteiger partial charge on any atom is -0.493 e. The molecular formula is C25H28N2O3. The number of hydrogen-bond acceptors (Lipinski definition) is 4. The number of aromatic nitrogens is 1. The molecule has 156 valence electrons. The topological polar surface area (TPSA) is 51.7 Å². The highest BCUT2D eigenvalue weighted by atomic mass is 16.5. The molecule has 1 aliphatic rings. The maximum atomic E-state index is 13.6. The van der Waals surface area contributed by atoms with E-state index >= 15 is 0 Å². The Morgan fingerprint density at radius 2 is 1.83 bits per heavy atom. The molecule has 1 amide bonds. The zero-order chi connectivity index (χ0) is 21.1. The van der Waals surface area contributed by atoms with E-state index in [0.717, 1.165) is 41.7 Å². The number of ether oxygens (including phenoxy) is 2. The number of benzene rings is 2. The highest BCUT2D eigenvalue weighted by Gasteiger charge is 2.28. The van der Waals surface area contributed by atoms with Crippen molar-refractivity contribution in [1.82, 2.24) is 9.88 Å². The summed E-state index contributed by atoms with van der Waals surface area (Å²) in [6.45, 7) is 3.74. The highest BCUT2D eigenvalue weighted by molar-refractivity contribution is 6.07. The van der Waals surface area contributed by atoms with Gasteiger partial charge in [-0.15, -0.1) is 0 Å². The Labute approximate surface area is 177 Å². The molecule has 1 fully saturated rings. The zero-order valence-electron chi connectivity index (χ0n) is 17.9. The average molecular weight is 405 g/mol. The van der Waals surface area contributed by atoms with E-state index in [1.807, 2.05) is 53.4 Å². The van der Waals surface area contributed by atoms with Crippen LogP contribution in [0.25, 0.3) is 22.2 Å². The summed E-state index contributed by atoms with van der Waals surface area (Å²) in [6, 6.07) is 15.5. The van der Waals surface area contributed by atoms with Gasteiger partial charge in [0.1, 0.15) is 0 Å². The molecule has 30 heavy (non-hydrogen) atoms. The molecule has 3 aromatic rings. The summed E-state index contributed by atoms with van der Waals surface area (Å²) in [5.74, 6) is 2.04. The summed E-state index contributed by atoms with van der Waals surface area (Å²) in [5, 5.41) is 0.892. The van der Waals surface area contributed by atoms with Gasteiger partial charge in [-0.25, -0.2) is 4.98 Å². The lowest BCUT2D eigenvalue weighted by molar-refractivity contribution is 0.0749. The average Bonchev–Trinajstić information content (AvgIpc) is 3.61. The van der Waals surface area contributed by atoms with Crippen LogP contribution in [0.4, 0.5) is 0 Å². The van der Waals surface area contributed by atoms with Crippen molar-refractivity contribution in [2.24, 2.45) is 5.92 Å². The maximum absolute atomic E-state index is 13.6. The predicted octanol–water partition coefficient (Wildman–Crippen LogP) is 5.18. The first-order chi connectivity index (χ1) is 14.6.